The van der Waals surface area contributed by atoms with Gasteiger partial charge in [0, 0.05) is 6.54 Å². The summed E-state index contributed by atoms with van der Waals surface area (Å²) in [6.07, 6.45) is 4.51. The molecule has 112 valence electrons. The normalized spacial score (nSPS) is 33.1. The lowest BCUT2D eigenvalue weighted by Gasteiger charge is -2.18. The summed E-state index contributed by atoms with van der Waals surface area (Å²) < 4.78 is 0. The Balaban J connectivity index is 1.71. The third-order valence-corrected chi connectivity index (χ3v) is 4.80. The van der Waals surface area contributed by atoms with E-state index in [1.54, 1.807) is 0 Å². The molecule has 7 nitrogen and oxygen atoms in total. The molecule has 2 N–H and O–H groups in total. The number of allylic oxidation sites excluding steroid dienone is 2. The number of fused-ring (bicyclic) bond motifs is 5. The van der Waals surface area contributed by atoms with Gasteiger partial charge in [0.2, 0.25) is 11.8 Å². The highest BCUT2D eigenvalue weighted by molar-refractivity contribution is 6.06. The van der Waals surface area contributed by atoms with Crippen LogP contribution >= 0.6 is 0 Å². The molecule has 3 rings (SSSR count). The quantitative estimate of drug-likeness (QED) is 0.418. The molecule has 1 aliphatic heterocycles. The zero-order chi connectivity index (χ0) is 15.3. The molecular formula is C14H15NO6. The Bertz CT molecular complexity index is 524. The van der Waals surface area contributed by atoms with Gasteiger partial charge in [-0.15, -0.1) is 0 Å². The predicted molar refractivity (Wildman–Crippen MR) is 67.8 cm³/mol. The second-order valence-corrected chi connectivity index (χ2v) is 5.85. The molecule has 0 aromatic carbocycles. The number of rotatable bonds is 5. The third kappa shape index (κ3) is 1.95. The van der Waals surface area contributed by atoms with Crippen molar-refractivity contribution in [3.05, 3.63) is 12.2 Å². The number of hydrogen-bond acceptors (Lipinski definition) is 4. The fourth-order valence-corrected chi connectivity index (χ4v) is 3.80. The summed E-state index contributed by atoms with van der Waals surface area (Å²) in [5.41, 5.74) is 0. The first-order valence-corrected chi connectivity index (χ1v) is 6.91. The van der Waals surface area contributed by atoms with Gasteiger partial charge < -0.3 is 10.2 Å². The Hall–Kier alpha value is -2.18. The van der Waals surface area contributed by atoms with Crippen LogP contribution in [0.25, 0.3) is 0 Å². The van der Waals surface area contributed by atoms with Crippen molar-refractivity contribution in [2.45, 2.75) is 12.8 Å². The fourth-order valence-electron chi connectivity index (χ4n) is 3.80. The molecule has 2 bridgehead atoms. The van der Waals surface area contributed by atoms with Crippen molar-refractivity contribution in [3.8, 4) is 0 Å². The Morgan fingerprint density at radius 3 is 2.00 bits per heavy atom. The van der Waals surface area contributed by atoms with Gasteiger partial charge in [-0.2, -0.15) is 0 Å². The van der Waals surface area contributed by atoms with Crippen molar-refractivity contribution in [3.63, 3.8) is 0 Å². The Morgan fingerprint density at radius 1 is 1.10 bits per heavy atom. The molecule has 2 fully saturated rings. The van der Waals surface area contributed by atoms with Gasteiger partial charge in [-0.25, -0.2) is 0 Å². The third-order valence-electron chi connectivity index (χ3n) is 4.80. The maximum atomic E-state index is 12.3. The number of aliphatic carboxylic acids is 2. The zero-order valence-electron chi connectivity index (χ0n) is 11.1. The van der Waals surface area contributed by atoms with Gasteiger partial charge >= 0.3 is 11.9 Å². The lowest BCUT2D eigenvalue weighted by Crippen LogP contribution is -2.36. The molecule has 4 unspecified atom stereocenters. The van der Waals surface area contributed by atoms with E-state index in [4.69, 9.17) is 10.2 Å². The van der Waals surface area contributed by atoms with Crippen molar-refractivity contribution in [2.24, 2.45) is 29.6 Å². The molecule has 0 radical (unpaired) electrons. The Morgan fingerprint density at radius 2 is 1.57 bits per heavy atom. The second-order valence-electron chi connectivity index (χ2n) is 5.85. The molecule has 0 spiro atoms. The topological polar surface area (TPSA) is 112 Å². The monoisotopic (exact) mass is 293 g/mol. The van der Waals surface area contributed by atoms with E-state index in [-0.39, 0.29) is 48.5 Å². The lowest BCUT2D eigenvalue weighted by molar-refractivity contribution is -0.156. The molecule has 3 aliphatic rings. The molecule has 1 heterocycles. The van der Waals surface area contributed by atoms with Crippen LogP contribution < -0.4 is 0 Å². The van der Waals surface area contributed by atoms with Crippen molar-refractivity contribution in [1.82, 2.24) is 4.90 Å². The number of likely N-dealkylation sites (tertiary alicyclic amines) is 1. The maximum absolute atomic E-state index is 12.3. The average Bonchev–Trinajstić information content (AvgIpc) is 3.06. The first kappa shape index (κ1) is 13.8. The summed E-state index contributed by atoms with van der Waals surface area (Å²) in [5, 5.41) is 17.7. The molecule has 1 saturated carbocycles. The van der Waals surface area contributed by atoms with Gasteiger partial charge in [0.25, 0.3) is 0 Å². The number of amides is 2. The van der Waals surface area contributed by atoms with E-state index < -0.39 is 17.9 Å². The SMILES string of the molecule is O=C(O)C(CCN1C(=O)C2C3C=CC(C3)C2C1=O)C(=O)O. The Kier molecular flexibility index (Phi) is 3.07. The van der Waals surface area contributed by atoms with Gasteiger partial charge in [0.15, 0.2) is 5.92 Å². The summed E-state index contributed by atoms with van der Waals surface area (Å²) in [7, 11) is 0. The van der Waals surface area contributed by atoms with E-state index in [2.05, 4.69) is 0 Å². The van der Waals surface area contributed by atoms with Gasteiger partial charge in [-0.1, -0.05) is 12.2 Å². The minimum atomic E-state index is -1.60. The summed E-state index contributed by atoms with van der Waals surface area (Å²) >= 11 is 0. The van der Waals surface area contributed by atoms with E-state index in [1.807, 2.05) is 12.2 Å². The Labute approximate surface area is 120 Å². The molecule has 0 aromatic heterocycles. The van der Waals surface area contributed by atoms with Crippen LogP contribution in [-0.4, -0.2) is 45.4 Å². The van der Waals surface area contributed by atoms with E-state index in [9.17, 15) is 19.2 Å². The van der Waals surface area contributed by atoms with E-state index in [0.29, 0.717) is 0 Å². The first-order chi connectivity index (χ1) is 9.91. The predicted octanol–water partition coefficient (Wildman–Crippen LogP) is -0.0310. The number of carbonyl (C=O) groups excluding carboxylic acids is 2. The summed E-state index contributed by atoms with van der Waals surface area (Å²) in [6.45, 7) is -0.145. The molecule has 21 heavy (non-hydrogen) atoms. The molecule has 2 aliphatic carbocycles. The van der Waals surface area contributed by atoms with Crippen LogP contribution in [0.1, 0.15) is 12.8 Å². The fraction of sp³-hybridized carbons (Fsp3) is 0.571. The van der Waals surface area contributed by atoms with Crippen LogP contribution in [0.5, 0.6) is 0 Å². The van der Waals surface area contributed by atoms with Gasteiger partial charge in [0.1, 0.15) is 0 Å². The van der Waals surface area contributed by atoms with Gasteiger partial charge in [-0.3, -0.25) is 24.1 Å². The molecule has 2 amide bonds. The highest BCUT2D eigenvalue weighted by atomic mass is 16.4. The molecule has 7 heteroatoms. The van der Waals surface area contributed by atoms with Crippen molar-refractivity contribution in [1.29, 1.82) is 0 Å². The number of carboxylic acid groups (broad SMARTS) is 2. The molecule has 0 aromatic rings. The maximum Gasteiger partial charge on any atom is 0.317 e. The minimum absolute atomic E-state index is 0.0937. The zero-order valence-corrected chi connectivity index (χ0v) is 11.1. The van der Waals surface area contributed by atoms with Gasteiger partial charge in [-0.05, 0) is 24.7 Å². The largest absolute Gasteiger partial charge is 0.481 e. The van der Waals surface area contributed by atoms with Crippen LogP contribution in [0.15, 0.2) is 12.2 Å². The summed E-state index contributed by atoms with van der Waals surface area (Å²) in [6, 6.07) is 0. The van der Waals surface area contributed by atoms with E-state index >= 15 is 0 Å². The van der Waals surface area contributed by atoms with Crippen molar-refractivity contribution in [2.75, 3.05) is 6.54 Å². The minimum Gasteiger partial charge on any atom is -0.481 e. The van der Waals surface area contributed by atoms with Crippen molar-refractivity contribution >= 4 is 23.8 Å². The smallest absolute Gasteiger partial charge is 0.317 e. The second kappa shape index (κ2) is 4.68. The standard InChI is InChI=1S/C14H15NO6/c16-11-9-6-1-2-7(5-6)10(9)12(17)15(11)4-3-8(13(18)19)14(20)21/h1-2,6-10H,3-5H2,(H,18,19)(H,20,21). The lowest BCUT2D eigenvalue weighted by atomic mass is 9.85. The highest BCUT2D eigenvalue weighted by Gasteiger charge is 2.59. The number of nitrogens with zero attached hydrogens (tertiary/aromatic N) is 1. The number of hydrogen-bond donors (Lipinski definition) is 2. The first-order valence-electron chi connectivity index (χ1n) is 6.91. The average molecular weight is 293 g/mol. The van der Waals surface area contributed by atoms with Crippen LogP contribution in [0.3, 0.4) is 0 Å². The van der Waals surface area contributed by atoms with Gasteiger partial charge in [0.05, 0.1) is 11.8 Å². The van der Waals surface area contributed by atoms with Crippen LogP contribution in [0.2, 0.25) is 0 Å². The highest BCUT2D eigenvalue weighted by Crippen LogP contribution is 2.52. The van der Waals surface area contributed by atoms with Crippen LogP contribution in [-0.2, 0) is 19.2 Å². The van der Waals surface area contributed by atoms with E-state index in [0.717, 1.165) is 11.3 Å². The molecule has 1 saturated heterocycles. The van der Waals surface area contributed by atoms with Crippen molar-refractivity contribution < 1.29 is 29.4 Å². The van der Waals surface area contributed by atoms with Crippen LogP contribution in [0.4, 0.5) is 0 Å². The molecule has 4 atom stereocenters. The number of imide groups is 1. The number of carbonyl (C=O) groups is 4. The summed E-state index contributed by atoms with van der Waals surface area (Å²) in [4.78, 5) is 47.4. The van der Waals surface area contributed by atoms with Crippen LogP contribution in [0, 0.1) is 29.6 Å². The molecular weight excluding hydrogens is 278 g/mol. The summed E-state index contributed by atoms with van der Waals surface area (Å²) in [5.74, 6) is -5.55. The van der Waals surface area contributed by atoms with E-state index in [1.165, 1.54) is 0 Å². The number of carboxylic acids is 2.